The van der Waals surface area contributed by atoms with Crippen LogP contribution in [0.2, 0.25) is 0 Å². The zero-order valence-electron chi connectivity index (χ0n) is 23.8. The van der Waals surface area contributed by atoms with Crippen molar-refractivity contribution in [2.75, 3.05) is 0 Å². The third kappa shape index (κ3) is 8.31. The molecule has 1 aliphatic carbocycles. The van der Waals surface area contributed by atoms with Crippen molar-refractivity contribution in [1.29, 1.82) is 0 Å². The SMILES string of the molecule is C/C(=C\CCC(C)(C)C1=CCC(C(=O)OCc2ccccc2)=C(C(=O)OCc2ccccc2)C1)C(C)(C)C. The molecule has 4 nitrogen and oxygen atoms in total. The maximum absolute atomic E-state index is 13.3. The molecule has 202 valence electrons. The summed E-state index contributed by atoms with van der Waals surface area (Å²) in [6.45, 7) is 13.6. The van der Waals surface area contributed by atoms with Crippen molar-refractivity contribution in [1.82, 2.24) is 0 Å². The fourth-order valence-corrected chi connectivity index (χ4v) is 4.37. The molecule has 2 aromatic rings. The zero-order valence-corrected chi connectivity index (χ0v) is 23.8. The molecule has 0 aliphatic heterocycles. The Labute approximate surface area is 228 Å². The molecule has 0 amide bonds. The Morgan fingerprint density at radius 3 is 1.79 bits per heavy atom. The van der Waals surface area contributed by atoms with Crippen LogP contribution in [0.3, 0.4) is 0 Å². The average molecular weight is 515 g/mol. The maximum atomic E-state index is 13.3. The van der Waals surface area contributed by atoms with Gasteiger partial charge < -0.3 is 9.47 Å². The molecule has 3 rings (SSSR count). The summed E-state index contributed by atoms with van der Waals surface area (Å²) < 4.78 is 11.3. The van der Waals surface area contributed by atoms with Crippen LogP contribution >= 0.6 is 0 Å². The summed E-state index contributed by atoms with van der Waals surface area (Å²) >= 11 is 0. The third-order valence-corrected chi connectivity index (χ3v) is 7.47. The number of ether oxygens (including phenoxy) is 2. The van der Waals surface area contributed by atoms with E-state index in [1.165, 1.54) is 5.57 Å². The van der Waals surface area contributed by atoms with Crippen LogP contribution in [0.4, 0.5) is 0 Å². The molecular weight excluding hydrogens is 472 g/mol. The first-order chi connectivity index (χ1) is 18.0. The summed E-state index contributed by atoms with van der Waals surface area (Å²) in [7, 11) is 0. The van der Waals surface area contributed by atoms with Gasteiger partial charge in [0.15, 0.2) is 0 Å². The second-order valence-corrected chi connectivity index (χ2v) is 11.8. The van der Waals surface area contributed by atoms with Gasteiger partial charge in [0, 0.05) is 6.42 Å². The van der Waals surface area contributed by atoms with E-state index in [0.29, 0.717) is 24.0 Å². The largest absolute Gasteiger partial charge is 0.457 e. The smallest absolute Gasteiger partial charge is 0.335 e. The van der Waals surface area contributed by atoms with Crippen molar-refractivity contribution in [2.45, 2.75) is 80.4 Å². The number of allylic oxidation sites excluding steroid dienone is 4. The Morgan fingerprint density at radius 1 is 0.789 bits per heavy atom. The lowest BCUT2D eigenvalue weighted by Gasteiger charge is -2.32. The van der Waals surface area contributed by atoms with E-state index in [1.807, 2.05) is 60.7 Å². The number of hydrogen-bond acceptors (Lipinski definition) is 4. The molecule has 0 spiro atoms. The summed E-state index contributed by atoms with van der Waals surface area (Å²) in [5.41, 5.74) is 5.17. The van der Waals surface area contributed by atoms with Crippen LogP contribution in [0.25, 0.3) is 0 Å². The van der Waals surface area contributed by atoms with E-state index in [4.69, 9.17) is 9.47 Å². The van der Waals surface area contributed by atoms with Crippen LogP contribution in [-0.4, -0.2) is 11.9 Å². The quantitative estimate of drug-likeness (QED) is 0.236. The number of esters is 2. The van der Waals surface area contributed by atoms with E-state index in [2.05, 4.69) is 53.7 Å². The monoisotopic (exact) mass is 514 g/mol. The van der Waals surface area contributed by atoms with Crippen molar-refractivity contribution in [3.05, 3.63) is 106 Å². The summed E-state index contributed by atoms with van der Waals surface area (Å²) in [6, 6.07) is 19.1. The van der Waals surface area contributed by atoms with Gasteiger partial charge in [0.2, 0.25) is 0 Å². The van der Waals surface area contributed by atoms with Crippen molar-refractivity contribution < 1.29 is 19.1 Å². The molecule has 0 aromatic heterocycles. The summed E-state index contributed by atoms with van der Waals surface area (Å²) in [6.07, 6.45) is 7.08. The molecule has 4 heteroatoms. The number of hydrogen-bond donors (Lipinski definition) is 0. The van der Waals surface area contributed by atoms with Crippen LogP contribution in [-0.2, 0) is 32.3 Å². The van der Waals surface area contributed by atoms with Crippen LogP contribution < -0.4 is 0 Å². The molecule has 0 radical (unpaired) electrons. The second kappa shape index (κ2) is 12.9. The molecule has 0 unspecified atom stereocenters. The average Bonchev–Trinajstić information content (AvgIpc) is 2.90. The Morgan fingerprint density at radius 2 is 1.29 bits per heavy atom. The molecule has 0 saturated carbocycles. The standard InChI is InChI=1S/C34H42O4/c1-25(33(2,3)4)14-13-21-34(5,6)28-19-20-29(31(35)37-23-26-15-9-7-10-16-26)30(22-28)32(36)38-24-27-17-11-8-12-18-27/h7-12,14-19H,13,20-24H2,1-6H3/b25-14+. The topological polar surface area (TPSA) is 52.6 Å². The first-order valence-electron chi connectivity index (χ1n) is 13.5. The van der Waals surface area contributed by atoms with Gasteiger partial charge in [0.1, 0.15) is 13.2 Å². The van der Waals surface area contributed by atoms with Gasteiger partial charge in [-0.15, -0.1) is 0 Å². The molecule has 0 atom stereocenters. The Balaban J connectivity index is 1.76. The lowest BCUT2D eigenvalue weighted by Crippen LogP contribution is -2.24. The summed E-state index contributed by atoms with van der Waals surface area (Å²) in [4.78, 5) is 26.5. The zero-order chi connectivity index (χ0) is 27.8. The minimum atomic E-state index is -0.461. The molecule has 1 aliphatic rings. The lowest BCUT2D eigenvalue weighted by molar-refractivity contribution is -0.143. The van der Waals surface area contributed by atoms with E-state index in [-0.39, 0.29) is 24.0 Å². The highest BCUT2D eigenvalue weighted by molar-refractivity contribution is 6.01. The predicted molar refractivity (Wildman–Crippen MR) is 153 cm³/mol. The molecule has 0 bridgehead atoms. The van der Waals surface area contributed by atoms with Gasteiger partial charge in [0.05, 0.1) is 11.1 Å². The maximum Gasteiger partial charge on any atom is 0.335 e. The molecule has 0 saturated heterocycles. The first kappa shape index (κ1) is 29.2. The molecule has 0 heterocycles. The fraction of sp³-hybridized carbons (Fsp3) is 0.412. The van der Waals surface area contributed by atoms with Crippen molar-refractivity contribution >= 4 is 11.9 Å². The molecule has 0 fully saturated rings. The van der Waals surface area contributed by atoms with Gasteiger partial charge in [-0.25, -0.2) is 9.59 Å². The Kier molecular flexibility index (Phi) is 9.90. The van der Waals surface area contributed by atoms with Crippen LogP contribution in [0.5, 0.6) is 0 Å². The van der Waals surface area contributed by atoms with Gasteiger partial charge >= 0.3 is 11.9 Å². The van der Waals surface area contributed by atoms with Gasteiger partial charge in [0.25, 0.3) is 0 Å². The Hall–Kier alpha value is -3.40. The van der Waals surface area contributed by atoms with Gasteiger partial charge in [-0.2, -0.15) is 0 Å². The predicted octanol–water partition coefficient (Wildman–Crippen LogP) is 8.29. The van der Waals surface area contributed by atoms with Gasteiger partial charge in [-0.05, 0) is 48.1 Å². The van der Waals surface area contributed by atoms with Crippen molar-refractivity contribution in [3.8, 4) is 0 Å². The summed E-state index contributed by atoms with van der Waals surface area (Å²) in [5, 5.41) is 0. The van der Waals surface area contributed by atoms with E-state index in [0.717, 1.165) is 29.5 Å². The normalized spacial score (nSPS) is 14.7. The van der Waals surface area contributed by atoms with Gasteiger partial charge in [-0.3, -0.25) is 0 Å². The highest BCUT2D eigenvalue weighted by Gasteiger charge is 2.32. The molecule has 0 N–H and O–H groups in total. The minimum absolute atomic E-state index is 0.126. The van der Waals surface area contributed by atoms with Gasteiger partial charge in [-0.1, -0.05) is 119 Å². The molecule has 2 aromatic carbocycles. The number of carbonyl (C=O) groups excluding carboxylic acids is 2. The van der Waals surface area contributed by atoms with E-state index >= 15 is 0 Å². The van der Waals surface area contributed by atoms with Crippen molar-refractivity contribution in [2.24, 2.45) is 10.8 Å². The molecule has 38 heavy (non-hydrogen) atoms. The number of benzene rings is 2. The fourth-order valence-electron chi connectivity index (χ4n) is 4.37. The highest BCUT2D eigenvalue weighted by Crippen LogP contribution is 2.41. The molecular formula is C34H42O4. The van der Waals surface area contributed by atoms with Crippen molar-refractivity contribution in [3.63, 3.8) is 0 Å². The third-order valence-electron chi connectivity index (χ3n) is 7.47. The highest BCUT2D eigenvalue weighted by atomic mass is 16.5. The van der Waals surface area contributed by atoms with Crippen LogP contribution in [0.1, 0.15) is 78.4 Å². The van der Waals surface area contributed by atoms with Crippen LogP contribution in [0, 0.1) is 10.8 Å². The lowest BCUT2D eigenvalue weighted by atomic mass is 9.73. The number of carbonyl (C=O) groups is 2. The van der Waals surface area contributed by atoms with Crippen LogP contribution in [0.15, 0.2) is 95.1 Å². The Bertz CT molecular complexity index is 1190. The van der Waals surface area contributed by atoms with E-state index < -0.39 is 11.9 Å². The minimum Gasteiger partial charge on any atom is -0.457 e. The van der Waals surface area contributed by atoms with E-state index in [1.54, 1.807) is 0 Å². The van der Waals surface area contributed by atoms with E-state index in [9.17, 15) is 9.59 Å². The number of rotatable bonds is 10. The first-order valence-corrected chi connectivity index (χ1v) is 13.5. The summed E-state index contributed by atoms with van der Waals surface area (Å²) in [5.74, 6) is -0.914. The second-order valence-electron chi connectivity index (χ2n) is 11.8.